The number of carbonyl (C=O) groups excluding carboxylic acids is 1. The highest BCUT2D eigenvalue weighted by atomic mass is 79.9. The van der Waals surface area contributed by atoms with Gasteiger partial charge in [-0.3, -0.25) is 15.1 Å². The van der Waals surface area contributed by atoms with Crippen molar-refractivity contribution in [1.82, 2.24) is 10.3 Å². The minimum absolute atomic E-state index is 0.185. The highest BCUT2D eigenvalue weighted by Gasteiger charge is 2.17. The number of anilines is 1. The topological polar surface area (TPSA) is 63.2 Å². The molecule has 0 radical (unpaired) electrons. The van der Waals surface area contributed by atoms with Crippen LogP contribution >= 0.6 is 44.1 Å². The van der Waals surface area contributed by atoms with Crippen molar-refractivity contribution in [3.05, 3.63) is 63.2 Å². The summed E-state index contributed by atoms with van der Waals surface area (Å²) in [6, 6.07) is 12.9. The summed E-state index contributed by atoms with van der Waals surface area (Å²) in [7, 11) is 1.50. The van der Waals surface area contributed by atoms with E-state index in [0.717, 1.165) is 21.1 Å². The maximum atomic E-state index is 12.6. The van der Waals surface area contributed by atoms with Gasteiger partial charge in [-0.25, -0.2) is 0 Å². The van der Waals surface area contributed by atoms with E-state index in [4.69, 9.17) is 17.0 Å². The number of methoxy groups -OCH3 is 1. The molecule has 0 aliphatic heterocycles. The van der Waals surface area contributed by atoms with Gasteiger partial charge in [0.25, 0.3) is 5.91 Å². The van der Waals surface area contributed by atoms with Crippen molar-refractivity contribution in [2.45, 2.75) is 0 Å². The number of halogens is 2. The van der Waals surface area contributed by atoms with Crippen LogP contribution in [0, 0.1) is 0 Å². The molecule has 0 saturated carbocycles. The van der Waals surface area contributed by atoms with Crippen LogP contribution in [0.2, 0.25) is 0 Å². The lowest BCUT2D eigenvalue weighted by Gasteiger charge is -2.14. The normalized spacial score (nSPS) is 10.4. The summed E-state index contributed by atoms with van der Waals surface area (Å²) in [6.45, 7) is 0. The standard InChI is InChI=1S/C18H13Br2N3O2S/c1-25-16-12(8-10(19)9-13(16)20)17(24)23-18(26)22-15-6-2-5-14-11(15)4-3-7-21-14/h2-9H,1H3,(H2,22,23,24,26). The van der Waals surface area contributed by atoms with E-state index in [2.05, 4.69) is 47.5 Å². The fourth-order valence-corrected chi connectivity index (χ4v) is 4.06. The lowest BCUT2D eigenvalue weighted by Crippen LogP contribution is -2.34. The molecule has 3 aromatic rings. The monoisotopic (exact) mass is 493 g/mol. The van der Waals surface area contributed by atoms with E-state index in [-0.39, 0.29) is 11.0 Å². The van der Waals surface area contributed by atoms with Gasteiger partial charge in [-0.1, -0.05) is 22.0 Å². The zero-order chi connectivity index (χ0) is 18.7. The quantitative estimate of drug-likeness (QED) is 0.507. The van der Waals surface area contributed by atoms with Crippen molar-refractivity contribution in [2.75, 3.05) is 12.4 Å². The Morgan fingerprint density at radius 1 is 1.19 bits per heavy atom. The second-order valence-corrected chi connectivity index (χ2v) is 7.43. The summed E-state index contributed by atoms with van der Waals surface area (Å²) in [4.78, 5) is 16.9. The van der Waals surface area contributed by atoms with Gasteiger partial charge in [0.05, 0.1) is 22.7 Å². The molecule has 5 nitrogen and oxygen atoms in total. The van der Waals surface area contributed by atoms with E-state index in [0.29, 0.717) is 15.8 Å². The molecule has 26 heavy (non-hydrogen) atoms. The third-order valence-corrected chi connectivity index (χ3v) is 4.83. The maximum absolute atomic E-state index is 12.6. The Kier molecular flexibility index (Phi) is 5.85. The third-order valence-electron chi connectivity index (χ3n) is 3.58. The number of thiocarbonyl (C=S) groups is 1. The van der Waals surface area contributed by atoms with Crippen LogP contribution in [0.25, 0.3) is 10.9 Å². The van der Waals surface area contributed by atoms with Crippen molar-refractivity contribution in [2.24, 2.45) is 0 Å². The SMILES string of the molecule is COc1c(Br)cc(Br)cc1C(=O)NC(=S)Nc1cccc2ncccc12. The van der Waals surface area contributed by atoms with Crippen molar-refractivity contribution < 1.29 is 9.53 Å². The van der Waals surface area contributed by atoms with Gasteiger partial charge in [0.2, 0.25) is 0 Å². The minimum Gasteiger partial charge on any atom is -0.495 e. The first kappa shape index (κ1) is 18.8. The van der Waals surface area contributed by atoms with E-state index < -0.39 is 0 Å². The van der Waals surface area contributed by atoms with Crippen molar-refractivity contribution in [3.63, 3.8) is 0 Å². The molecule has 3 rings (SSSR count). The summed E-state index contributed by atoms with van der Waals surface area (Å²) >= 11 is 12.0. The van der Waals surface area contributed by atoms with E-state index in [1.54, 1.807) is 18.3 Å². The molecule has 0 atom stereocenters. The number of rotatable bonds is 3. The van der Waals surface area contributed by atoms with Gasteiger partial charge < -0.3 is 10.1 Å². The number of pyridine rings is 1. The minimum atomic E-state index is -0.375. The predicted molar refractivity (Wildman–Crippen MR) is 114 cm³/mol. The zero-order valence-corrected chi connectivity index (χ0v) is 17.5. The van der Waals surface area contributed by atoms with Gasteiger partial charge >= 0.3 is 0 Å². The van der Waals surface area contributed by atoms with Crippen LogP contribution in [0.4, 0.5) is 5.69 Å². The highest BCUT2D eigenvalue weighted by Crippen LogP contribution is 2.32. The van der Waals surface area contributed by atoms with Gasteiger partial charge in [-0.15, -0.1) is 0 Å². The second kappa shape index (κ2) is 8.11. The van der Waals surface area contributed by atoms with Crippen LogP contribution in [0.15, 0.2) is 57.6 Å². The molecule has 0 aliphatic rings. The number of benzene rings is 2. The molecule has 0 fully saturated rings. The van der Waals surface area contributed by atoms with Crippen LogP contribution in [-0.2, 0) is 0 Å². The molecule has 0 spiro atoms. The number of nitrogens with zero attached hydrogens (tertiary/aromatic N) is 1. The summed E-state index contributed by atoms with van der Waals surface area (Å²) in [5.74, 6) is 0.0579. The van der Waals surface area contributed by atoms with E-state index in [1.807, 2.05) is 30.3 Å². The first-order valence-electron chi connectivity index (χ1n) is 7.48. The Morgan fingerprint density at radius 2 is 2.00 bits per heavy atom. The fourth-order valence-electron chi connectivity index (χ4n) is 2.47. The summed E-state index contributed by atoms with van der Waals surface area (Å²) in [5.41, 5.74) is 1.96. The molecule has 2 aromatic carbocycles. The largest absolute Gasteiger partial charge is 0.495 e. The molecular formula is C18H13Br2N3O2S. The lowest BCUT2D eigenvalue weighted by atomic mass is 10.2. The van der Waals surface area contributed by atoms with Crippen LogP contribution in [0.3, 0.4) is 0 Å². The Bertz CT molecular complexity index is 1010. The van der Waals surface area contributed by atoms with Crippen molar-refractivity contribution >= 4 is 71.7 Å². The number of hydrogen-bond acceptors (Lipinski definition) is 4. The molecule has 1 heterocycles. The van der Waals surface area contributed by atoms with E-state index in [1.165, 1.54) is 7.11 Å². The van der Waals surface area contributed by atoms with Gasteiger partial charge in [-0.2, -0.15) is 0 Å². The maximum Gasteiger partial charge on any atom is 0.261 e. The molecule has 8 heteroatoms. The molecular weight excluding hydrogens is 482 g/mol. The molecule has 0 unspecified atom stereocenters. The molecule has 1 amide bonds. The second-order valence-electron chi connectivity index (χ2n) is 5.25. The first-order valence-corrected chi connectivity index (χ1v) is 9.48. The zero-order valence-electron chi connectivity index (χ0n) is 13.5. The first-order chi connectivity index (χ1) is 12.5. The molecule has 132 valence electrons. The van der Waals surface area contributed by atoms with Crippen LogP contribution in [0.1, 0.15) is 10.4 Å². The van der Waals surface area contributed by atoms with Crippen molar-refractivity contribution in [1.29, 1.82) is 0 Å². The number of ether oxygens (including phenoxy) is 1. The van der Waals surface area contributed by atoms with Gasteiger partial charge in [0, 0.05) is 21.7 Å². The third kappa shape index (κ3) is 4.03. The fraction of sp³-hybridized carbons (Fsp3) is 0.0556. The van der Waals surface area contributed by atoms with Gasteiger partial charge in [-0.05, 0) is 64.5 Å². The summed E-state index contributed by atoms with van der Waals surface area (Å²) in [6.07, 6.45) is 1.73. The number of nitrogens with one attached hydrogen (secondary N) is 2. The van der Waals surface area contributed by atoms with Crippen LogP contribution in [0.5, 0.6) is 5.75 Å². The Hall–Kier alpha value is -2.03. The Balaban J connectivity index is 1.81. The van der Waals surface area contributed by atoms with Gasteiger partial charge in [0.15, 0.2) is 5.11 Å². The summed E-state index contributed by atoms with van der Waals surface area (Å²) < 4.78 is 6.72. The number of carbonyl (C=O) groups is 1. The van der Waals surface area contributed by atoms with E-state index >= 15 is 0 Å². The van der Waals surface area contributed by atoms with Gasteiger partial charge in [0.1, 0.15) is 5.75 Å². The highest BCUT2D eigenvalue weighted by molar-refractivity contribution is 9.11. The van der Waals surface area contributed by atoms with Crippen LogP contribution < -0.4 is 15.4 Å². The molecule has 2 N–H and O–H groups in total. The molecule has 0 aliphatic carbocycles. The molecule has 0 saturated heterocycles. The molecule has 1 aromatic heterocycles. The predicted octanol–water partition coefficient (Wildman–Crippen LogP) is 4.90. The smallest absolute Gasteiger partial charge is 0.261 e. The number of fused-ring (bicyclic) bond motifs is 1. The Labute approximate surface area is 172 Å². The Morgan fingerprint density at radius 3 is 2.77 bits per heavy atom. The summed E-state index contributed by atoms with van der Waals surface area (Å²) in [5, 5.41) is 6.82. The average molecular weight is 495 g/mol. The molecule has 0 bridgehead atoms. The number of aromatic nitrogens is 1. The van der Waals surface area contributed by atoms with Crippen LogP contribution in [-0.4, -0.2) is 23.1 Å². The number of amides is 1. The average Bonchev–Trinajstić information content (AvgIpc) is 2.61. The number of hydrogen-bond donors (Lipinski definition) is 2. The van der Waals surface area contributed by atoms with Crippen molar-refractivity contribution in [3.8, 4) is 5.75 Å². The lowest BCUT2D eigenvalue weighted by molar-refractivity contribution is 0.0974. The van der Waals surface area contributed by atoms with E-state index in [9.17, 15) is 4.79 Å².